The summed E-state index contributed by atoms with van der Waals surface area (Å²) in [4.78, 5) is 4.57. The van der Waals surface area contributed by atoms with Crippen LogP contribution in [0.15, 0.2) is 24.3 Å². The van der Waals surface area contributed by atoms with E-state index in [1.807, 2.05) is 0 Å². The second-order valence-electron chi connectivity index (χ2n) is 5.31. The van der Waals surface area contributed by atoms with Gasteiger partial charge in [-0.25, -0.2) is 0 Å². The van der Waals surface area contributed by atoms with Crippen LogP contribution in [-0.2, 0) is 5.54 Å². The molecule has 3 heteroatoms. The maximum absolute atomic E-state index is 3.49. The van der Waals surface area contributed by atoms with Gasteiger partial charge in [0.1, 0.15) is 0 Å². The fourth-order valence-electron chi connectivity index (χ4n) is 2.40. The van der Waals surface area contributed by atoms with E-state index < -0.39 is 0 Å². The molecule has 3 nitrogen and oxygen atoms in total. The predicted molar refractivity (Wildman–Crippen MR) is 73.6 cm³/mol. The van der Waals surface area contributed by atoms with Gasteiger partial charge < -0.3 is 10.2 Å². The van der Waals surface area contributed by atoms with E-state index in [-0.39, 0.29) is 5.54 Å². The highest BCUT2D eigenvalue weighted by Gasteiger charge is 2.33. The fourth-order valence-corrected chi connectivity index (χ4v) is 2.40. The molecule has 2 rings (SSSR count). The summed E-state index contributed by atoms with van der Waals surface area (Å²) in [7, 11) is 6.36. The normalized spacial score (nSPS) is 25.9. The van der Waals surface area contributed by atoms with Gasteiger partial charge in [-0.2, -0.15) is 0 Å². The first-order valence-corrected chi connectivity index (χ1v) is 6.24. The third-order valence-corrected chi connectivity index (χ3v) is 3.94. The Morgan fingerprint density at radius 1 is 1.24 bits per heavy atom. The van der Waals surface area contributed by atoms with E-state index in [0.717, 1.165) is 19.6 Å². The third kappa shape index (κ3) is 2.31. The van der Waals surface area contributed by atoms with Gasteiger partial charge in [0.05, 0.1) is 5.54 Å². The van der Waals surface area contributed by atoms with Gasteiger partial charge in [0.15, 0.2) is 0 Å². The second-order valence-corrected chi connectivity index (χ2v) is 5.31. The SMILES string of the molecule is CN(C)c1ccc(C2(C)CNCCN2C)cc1. The molecular formula is C14H23N3. The van der Waals surface area contributed by atoms with Gasteiger partial charge in [-0.05, 0) is 31.7 Å². The van der Waals surface area contributed by atoms with E-state index in [4.69, 9.17) is 0 Å². The lowest BCUT2D eigenvalue weighted by Gasteiger charge is -2.43. The van der Waals surface area contributed by atoms with Crippen LogP contribution in [0.25, 0.3) is 0 Å². The van der Waals surface area contributed by atoms with Gasteiger partial charge in [-0.3, -0.25) is 4.90 Å². The van der Waals surface area contributed by atoms with Crippen molar-refractivity contribution in [3.05, 3.63) is 29.8 Å². The van der Waals surface area contributed by atoms with E-state index in [1.165, 1.54) is 11.3 Å². The van der Waals surface area contributed by atoms with E-state index in [9.17, 15) is 0 Å². The molecule has 1 aromatic carbocycles. The van der Waals surface area contributed by atoms with Gasteiger partial charge >= 0.3 is 0 Å². The summed E-state index contributed by atoms with van der Waals surface area (Å²) < 4.78 is 0. The van der Waals surface area contributed by atoms with Crippen LogP contribution in [0.3, 0.4) is 0 Å². The average molecular weight is 233 g/mol. The standard InChI is InChI=1S/C14H23N3/c1-14(11-15-9-10-17(14)4)12-5-7-13(8-6-12)16(2)3/h5-8,15H,9-11H2,1-4H3. The second kappa shape index (κ2) is 4.67. The number of nitrogens with one attached hydrogen (secondary N) is 1. The molecule has 1 N–H and O–H groups in total. The maximum Gasteiger partial charge on any atom is 0.0555 e. The molecule has 1 aliphatic rings. The van der Waals surface area contributed by atoms with Crippen molar-refractivity contribution in [1.82, 2.24) is 10.2 Å². The molecule has 0 aromatic heterocycles. The number of hydrogen-bond donors (Lipinski definition) is 1. The monoisotopic (exact) mass is 233 g/mol. The summed E-state index contributed by atoms with van der Waals surface area (Å²) in [5.41, 5.74) is 2.75. The van der Waals surface area contributed by atoms with Crippen molar-refractivity contribution >= 4 is 5.69 Å². The molecule has 94 valence electrons. The van der Waals surface area contributed by atoms with E-state index in [0.29, 0.717) is 0 Å². The summed E-state index contributed by atoms with van der Waals surface area (Å²) >= 11 is 0. The van der Waals surface area contributed by atoms with Crippen LogP contribution in [-0.4, -0.2) is 45.7 Å². The molecule has 17 heavy (non-hydrogen) atoms. The van der Waals surface area contributed by atoms with Crippen molar-refractivity contribution < 1.29 is 0 Å². The van der Waals surface area contributed by atoms with Crippen LogP contribution in [0.5, 0.6) is 0 Å². The lowest BCUT2D eigenvalue weighted by Crippen LogP contribution is -2.55. The van der Waals surface area contributed by atoms with Crippen LogP contribution in [0.1, 0.15) is 12.5 Å². The van der Waals surface area contributed by atoms with Crippen molar-refractivity contribution in [2.45, 2.75) is 12.5 Å². The van der Waals surface area contributed by atoms with E-state index in [2.05, 4.69) is 67.4 Å². The molecule has 0 amide bonds. The van der Waals surface area contributed by atoms with Gasteiger partial charge in [0, 0.05) is 39.4 Å². The average Bonchev–Trinajstić information content (AvgIpc) is 2.33. The van der Waals surface area contributed by atoms with Crippen molar-refractivity contribution in [1.29, 1.82) is 0 Å². The number of benzene rings is 1. The number of likely N-dealkylation sites (N-methyl/N-ethyl adjacent to an activating group) is 1. The van der Waals surface area contributed by atoms with Crippen molar-refractivity contribution in [3.8, 4) is 0 Å². The Kier molecular flexibility index (Phi) is 3.40. The van der Waals surface area contributed by atoms with Crippen LogP contribution in [0.4, 0.5) is 5.69 Å². The van der Waals surface area contributed by atoms with Crippen LogP contribution in [0, 0.1) is 0 Å². The van der Waals surface area contributed by atoms with Crippen molar-refractivity contribution in [2.24, 2.45) is 0 Å². The zero-order valence-electron chi connectivity index (χ0n) is 11.3. The van der Waals surface area contributed by atoms with Crippen LogP contribution >= 0.6 is 0 Å². The molecule has 0 spiro atoms. The van der Waals surface area contributed by atoms with Gasteiger partial charge in [0.2, 0.25) is 0 Å². The minimum Gasteiger partial charge on any atom is -0.378 e. The Balaban J connectivity index is 2.26. The Bertz CT molecular complexity index is 372. The number of piperazine rings is 1. The smallest absolute Gasteiger partial charge is 0.0555 e. The lowest BCUT2D eigenvalue weighted by molar-refractivity contribution is 0.104. The Labute approximate surface area is 104 Å². The van der Waals surface area contributed by atoms with Gasteiger partial charge in [-0.1, -0.05) is 12.1 Å². The number of nitrogens with zero attached hydrogens (tertiary/aromatic N) is 2. The Hall–Kier alpha value is -1.06. The summed E-state index contributed by atoms with van der Waals surface area (Å²) in [5.74, 6) is 0. The van der Waals surface area contributed by atoms with Crippen LogP contribution < -0.4 is 10.2 Å². The summed E-state index contributed by atoms with van der Waals surface area (Å²) in [6.45, 7) is 5.52. The first-order chi connectivity index (χ1) is 8.04. The molecule has 1 aliphatic heterocycles. The molecule has 1 fully saturated rings. The molecule has 0 saturated carbocycles. The van der Waals surface area contributed by atoms with E-state index >= 15 is 0 Å². The topological polar surface area (TPSA) is 18.5 Å². The summed E-state index contributed by atoms with van der Waals surface area (Å²) in [6, 6.07) is 8.89. The Morgan fingerprint density at radius 2 is 1.88 bits per heavy atom. The maximum atomic E-state index is 3.49. The molecule has 0 aliphatic carbocycles. The molecule has 1 aromatic rings. The largest absolute Gasteiger partial charge is 0.378 e. The lowest BCUT2D eigenvalue weighted by atomic mass is 9.88. The minimum atomic E-state index is 0.114. The zero-order chi connectivity index (χ0) is 12.5. The first kappa shape index (κ1) is 12.4. The van der Waals surface area contributed by atoms with E-state index in [1.54, 1.807) is 0 Å². The van der Waals surface area contributed by atoms with Gasteiger partial charge in [-0.15, -0.1) is 0 Å². The molecule has 1 heterocycles. The van der Waals surface area contributed by atoms with Gasteiger partial charge in [0.25, 0.3) is 0 Å². The van der Waals surface area contributed by atoms with Crippen molar-refractivity contribution in [2.75, 3.05) is 45.7 Å². The number of anilines is 1. The molecule has 1 unspecified atom stereocenters. The number of hydrogen-bond acceptors (Lipinski definition) is 3. The minimum absolute atomic E-state index is 0.114. The quantitative estimate of drug-likeness (QED) is 0.835. The zero-order valence-corrected chi connectivity index (χ0v) is 11.3. The van der Waals surface area contributed by atoms with Crippen LogP contribution in [0.2, 0.25) is 0 Å². The first-order valence-electron chi connectivity index (χ1n) is 6.24. The molecular weight excluding hydrogens is 210 g/mol. The highest BCUT2D eigenvalue weighted by atomic mass is 15.2. The highest BCUT2D eigenvalue weighted by Crippen LogP contribution is 2.29. The predicted octanol–water partition coefficient (Wildman–Crippen LogP) is 1.50. The summed E-state index contributed by atoms with van der Waals surface area (Å²) in [5, 5.41) is 3.49. The molecule has 0 bridgehead atoms. The van der Waals surface area contributed by atoms with Crippen molar-refractivity contribution in [3.63, 3.8) is 0 Å². The molecule has 1 saturated heterocycles. The number of rotatable bonds is 2. The third-order valence-electron chi connectivity index (χ3n) is 3.94. The molecule has 0 radical (unpaired) electrons. The Morgan fingerprint density at radius 3 is 2.41 bits per heavy atom. The fraction of sp³-hybridized carbons (Fsp3) is 0.571. The highest BCUT2D eigenvalue weighted by molar-refractivity contribution is 5.47. The molecule has 1 atom stereocenters. The summed E-state index contributed by atoms with van der Waals surface area (Å²) in [6.07, 6.45) is 0.